The fraction of sp³-hybridized carbons (Fsp3) is 0.200. The molecule has 88 valence electrons. The molecule has 0 aliphatic rings. The highest BCUT2D eigenvalue weighted by atomic mass is 16.6. The topological polar surface area (TPSA) is 85.9 Å². The number of aryl methyl sites for hydroxylation is 1. The maximum atomic E-state index is 10.5. The van der Waals surface area contributed by atoms with Gasteiger partial charge in [0.15, 0.2) is 0 Å². The normalized spacial score (nSPS) is 10.2. The number of nitro benzene ring substituents is 1. The van der Waals surface area contributed by atoms with Gasteiger partial charge in [0.1, 0.15) is 12.2 Å². The van der Waals surface area contributed by atoms with Crippen LogP contribution in [0.3, 0.4) is 0 Å². The van der Waals surface area contributed by atoms with Crippen molar-refractivity contribution in [3.05, 3.63) is 46.5 Å². The van der Waals surface area contributed by atoms with Gasteiger partial charge in [0.05, 0.1) is 11.5 Å². The predicted molar refractivity (Wildman–Crippen MR) is 61.4 cm³/mol. The average Bonchev–Trinajstić information content (AvgIpc) is 2.73. The number of hydrogen-bond donors (Lipinski definition) is 1. The van der Waals surface area contributed by atoms with Gasteiger partial charge in [0, 0.05) is 24.9 Å². The van der Waals surface area contributed by atoms with E-state index >= 15 is 0 Å². The van der Waals surface area contributed by atoms with Crippen molar-refractivity contribution >= 4 is 11.4 Å². The number of benzene rings is 1. The maximum absolute atomic E-state index is 10.5. The fourth-order valence-electron chi connectivity index (χ4n) is 1.36. The molecular weight excluding hydrogens is 222 g/mol. The third kappa shape index (κ3) is 2.57. The van der Waals surface area contributed by atoms with Gasteiger partial charge in [-0.1, -0.05) is 0 Å². The smallest absolute Gasteiger partial charge is 0.269 e. The van der Waals surface area contributed by atoms with Gasteiger partial charge >= 0.3 is 0 Å². The third-order valence-corrected chi connectivity index (χ3v) is 2.33. The second-order valence-corrected chi connectivity index (χ2v) is 3.46. The largest absolute Gasteiger partial charge is 0.378 e. The molecule has 1 aromatic carbocycles. The van der Waals surface area contributed by atoms with Crippen molar-refractivity contribution in [3.63, 3.8) is 0 Å². The first-order chi connectivity index (χ1) is 8.16. The second kappa shape index (κ2) is 4.60. The molecule has 0 spiro atoms. The Morgan fingerprint density at radius 3 is 2.65 bits per heavy atom. The molecule has 2 rings (SSSR count). The molecule has 1 aromatic heterocycles. The molecule has 1 N–H and O–H groups in total. The van der Waals surface area contributed by atoms with Crippen LogP contribution < -0.4 is 5.32 Å². The lowest BCUT2D eigenvalue weighted by atomic mass is 10.3. The molecule has 0 radical (unpaired) electrons. The van der Waals surface area contributed by atoms with E-state index in [1.807, 2.05) is 0 Å². The van der Waals surface area contributed by atoms with Gasteiger partial charge in [-0.3, -0.25) is 14.8 Å². The Morgan fingerprint density at radius 1 is 1.41 bits per heavy atom. The molecule has 7 heteroatoms. The van der Waals surface area contributed by atoms with Crippen LogP contribution in [0.2, 0.25) is 0 Å². The summed E-state index contributed by atoms with van der Waals surface area (Å²) in [4.78, 5) is 14.1. The SMILES string of the molecule is Cn1ncnc1CNc1ccc([N+](=O)[O-])cc1. The van der Waals surface area contributed by atoms with E-state index in [0.29, 0.717) is 6.54 Å². The lowest BCUT2D eigenvalue weighted by Gasteiger charge is -2.04. The summed E-state index contributed by atoms with van der Waals surface area (Å²) in [6.07, 6.45) is 1.48. The molecule has 0 aliphatic carbocycles. The van der Waals surface area contributed by atoms with Crippen molar-refractivity contribution in [2.75, 3.05) is 5.32 Å². The Labute approximate surface area is 97.2 Å². The number of hydrogen-bond acceptors (Lipinski definition) is 5. The van der Waals surface area contributed by atoms with Crippen LogP contribution in [0.25, 0.3) is 0 Å². The van der Waals surface area contributed by atoms with Gasteiger partial charge < -0.3 is 5.32 Å². The van der Waals surface area contributed by atoms with Crippen molar-refractivity contribution in [1.29, 1.82) is 0 Å². The minimum absolute atomic E-state index is 0.0780. The number of nitro groups is 1. The Kier molecular flexibility index (Phi) is 2.99. The van der Waals surface area contributed by atoms with Crippen LogP contribution in [-0.2, 0) is 13.6 Å². The molecule has 0 fully saturated rings. The van der Waals surface area contributed by atoms with E-state index in [2.05, 4.69) is 15.4 Å². The molecule has 1 heterocycles. The zero-order chi connectivity index (χ0) is 12.3. The summed E-state index contributed by atoms with van der Waals surface area (Å²) in [5.41, 5.74) is 0.882. The highest BCUT2D eigenvalue weighted by Crippen LogP contribution is 2.15. The first-order valence-electron chi connectivity index (χ1n) is 4.98. The minimum atomic E-state index is -0.424. The van der Waals surface area contributed by atoms with Crippen molar-refractivity contribution < 1.29 is 4.92 Å². The first kappa shape index (κ1) is 11.1. The summed E-state index contributed by atoms with van der Waals surface area (Å²) in [6, 6.07) is 6.24. The van der Waals surface area contributed by atoms with Gasteiger partial charge in [-0.15, -0.1) is 0 Å². The van der Waals surface area contributed by atoms with Crippen LogP contribution >= 0.6 is 0 Å². The lowest BCUT2D eigenvalue weighted by molar-refractivity contribution is -0.384. The number of non-ortho nitro benzene ring substituents is 1. The zero-order valence-electron chi connectivity index (χ0n) is 9.20. The van der Waals surface area contributed by atoms with E-state index in [1.54, 1.807) is 23.9 Å². The molecule has 17 heavy (non-hydrogen) atoms. The summed E-state index contributed by atoms with van der Waals surface area (Å²) in [5.74, 6) is 0.795. The molecule has 0 aliphatic heterocycles. The number of nitrogens with one attached hydrogen (secondary N) is 1. The summed E-state index contributed by atoms with van der Waals surface area (Å²) in [7, 11) is 1.81. The van der Waals surface area contributed by atoms with E-state index < -0.39 is 4.92 Å². The Hall–Kier alpha value is -2.44. The Bertz CT molecular complexity index is 520. The van der Waals surface area contributed by atoms with Crippen molar-refractivity contribution in [3.8, 4) is 0 Å². The van der Waals surface area contributed by atoms with Crippen molar-refractivity contribution in [2.24, 2.45) is 7.05 Å². The quantitative estimate of drug-likeness (QED) is 0.636. The Morgan fingerprint density at radius 2 is 2.12 bits per heavy atom. The maximum Gasteiger partial charge on any atom is 0.269 e. The fourth-order valence-corrected chi connectivity index (χ4v) is 1.36. The molecule has 0 atom stereocenters. The second-order valence-electron chi connectivity index (χ2n) is 3.46. The standard InChI is InChI=1S/C10H11N5O2/c1-14-10(12-7-13-14)6-11-8-2-4-9(5-3-8)15(16)17/h2-5,7,11H,6H2,1H3. The third-order valence-electron chi connectivity index (χ3n) is 2.33. The van der Waals surface area contributed by atoms with Gasteiger partial charge in [0.2, 0.25) is 0 Å². The summed E-state index contributed by atoms with van der Waals surface area (Å²) in [6.45, 7) is 0.522. The highest BCUT2D eigenvalue weighted by molar-refractivity contribution is 5.48. The molecule has 0 saturated heterocycles. The van der Waals surface area contributed by atoms with Crippen LogP contribution in [0, 0.1) is 10.1 Å². The number of nitrogens with zero attached hydrogens (tertiary/aromatic N) is 4. The van der Waals surface area contributed by atoms with Crippen molar-refractivity contribution in [2.45, 2.75) is 6.54 Å². The van der Waals surface area contributed by atoms with Crippen LogP contribution in [0.4, 0.5) is 11.4 Å². The van der Waals surface area contributed by atoms with E-state index in [9.17, 15) is 10.1 Å². The number of aromatic nitrogens is 3. The molecular formula is C10H11N5O2. The molecule has 2 aromatic rings. The number of rotatable bonds is 4. The van der Waals surface area contributed by atoms with Gasteiger partial charge in [-0.2, -0.15) is 5.10 Å². The van der Waals surface area contributed by atoms with Gasteiger partial charge in [-0.25, -0.2) is 4.98 Å². The lowest BCUT2D eigenvalue weighted by Crippen LogP contribution is -2.06. The molecule has 0 unspecified atom stereocenters. The predicted octanol–water partition coefficient (Wildman–Crippen LogP) is 1.34. The highest BCUT2D eigenvalue weighted by Gasteiger charge is 2.04. The van der Waals surface area contributed by atoms with Crippen LogP contribution in [0.15, 0.2) is 30.6 Å². The average molecular weight is 233 g/mol. The minimum Gasteiger partial charge on any atom is -0.378 e. The van der Waals surface area contributed by atoms with E-state index in [-0.39, 0.29) is 5.69 Å². The summed E-state index contributed by atoms with van der Waals surface area (Å²) >= 11 is 0. The molecule has 7 nitrogen and oxygen atoms in total. The monoisotopic (exact) mass is 233 g/mol. The Balaban J connectivity index is 2.00. The number of anilines is 1. The van der Waals surface area contributed by atoms with Crippen LogP contribution in [0.5, 0.6) is 0 Å². The van der Waals surface area contributed by atoms with Crippen molar-refractivity contribution in [1.82, 2.24) is 14.8 Å². The van der Waals surface area contributed by atoms with E-state index in [0.717, 1.165) is 11.5 Å². The molecule has 0 bridgehead atoms. The first-order valence-corrected chi connectivity index (χ1v) is 4.98. The molecule has 0 saturated carbocycles. The zero-order valence-corrected chi connectivity index (χ0v) is 9.20. The van der Waals surface area contributed by atoms with E-state index in [1.165, 1.54) is 18.5 Å². The molecule has 0 amide bonds. The van der Waals surface area contributed by atoms with Gasteiger partial charge in [-0.05, 0) is 12.1 Å². The summed E-state index contributed by atoms with van der Waals surface area (Å²) in [5, 5.41) is 17.5. The van der Waals surface area contributed by atoms with Crippen LogP contribution in [0.1, 0.15) is 5.82 Å². The van der Waals surface area contributed by atoms with E-state index in [4.69, 9.17) is 0 Å². The van der Waals surface area contributed by atoms with Crippen LogP contribution in [-0.4, -0.2) is 19.7 Å². The summed E-state index contributed by atoms with van der Waals surface area (Å²) < 4.78 is 1.67. The van der Waals surface area contributed by atoms with Gasteiger partial charge in [0.25, 0.3) is 5.69 Å².